The maximum absolute atomic E-state index is 4.60. The first-order valence-corrected chi connectivity index (χ1v) is 6.32. The maximum atomic E-state index is 4.60. The lowest BCUT2D eigenvalue weighted by atomic mass is 10.2. The molecule has 0 spiro atoms. The minimum absolute atomic E-state index is 0.836. The van der Waals surface area contributed by atoms with Crippen LogP contribution in [0.1, 0.15) is 11.3 Å². The molecule has 0 amide bonds. The highest BCUT2D eigenvalue weighted by molar-refractivity contribution is 5.76. The second kappa shape index (κ2) is 4.82. The Bertz CT molecular complexity index is 715. The number of aromatic nitrogens is 3. The highest BCUT2D eigenvalue weighted by Gasteiger charge is 2.06. The van der Waals surface area contributed by atoms with E-state index >= 15 is 0 Å². The number of nitrogens with one attached hydrogen (secondary N) is 1. The maximum Gasteiger partial charge on any atom is 0.138 e. The number of hydrogen-bond acceptors (Lipinski definition) is 3. The molecule has 4 heteroatoms. The molecule has 0 unspecified atom stereocenters. The van der Waals surface area contributed by atoms with Crippen LogP contribution in [-0.2, 0) is 6.54 Å². The van der Waals surface area contributed by atoms with E-state index in [0.29, 0.717) is 0 Å². The highest BCUT2D eigenvalue weighted by atomic mass is 15.1. The number of nitrogens with zero attached hydrogens (tertiary/aromatic N) is 3. The second-order valence-corrected chi connectivity index (χ2v) is 4.61. The minimum atomic E-state index is 0.836. The number of rotatable bonds is 3. The molecule has 0 aliphatic carbocycles. The Morgan fingerprint density at radius 1 is 1.21 bits per heavy atom. The quantitative estimate of drug-likeness (QED) is 0.778. The molecule has 0 saturated heterocycles. The zero-order chi connectivity index (χ0) is 13.2. The smallest absolute Gasteiger partial charge is 0.138 e. The molecule has 0 aliphatic rings. The Morgan fingerprint density at radius 3 is 2.89 bits per heavy atom. The summed E-state index contributed by atoms with van der Waals surface area (Å²) in [5.74, 6) is 0.916. The van der Waals surface area contributed by atoms with E-state index < -0.39 is 0 Å². The predicted octanol–water partition coefficient (Wildman–Crippen LogP) is 2.45. The van der Waals surface area contributed by atoms with Gasteiger partial charge < -0.3 is 5.32 Å². The van der Waals surface area contributed by atoms with Crippen molar-refractivity contribution >= 4 is 11.0 Å². The van der Waals surface area contributed by atoms with Gasteiger partial charge in [-0.3, -0.25) is 4.57 Å². The first kappa shape index (κ1) is 11.9. The van der Waals surface area contributed by atoms with Gasteiger partial charge in [0.05, 0.1) is 11.0 Å². The molecule has 1 aromatic carbocycles. The summed E-state index contributed by atoms with van der Waals surface area (Å²) < 4.78 is 2.03. The molecule has 19 heavy (non-hydrogen) atoms. The third-order valence-electron chi connectivity index (χ3n) is 3.08. The van der Waals surface area contributed by atoms with Gasteiger partial charge in [-0.1, -0.05) is 12.1 Å². The first-order chi connectivity index (χ1) is 9.28. The molecular formula is C15H16N4. The van der Waals surface area contributed by atoms with Gasteiger partial charge in [0.1, 0.15) is 12.1 Å². The summed E-state index contributed by atoms with van der Waals surface area (Å²) in [5.41, 5.74) is 4.31. The fraction of sp³-hybridized carbons (Fsp3) is 0.200. The molecule has 0 fully saturated rings. The lowest BCUT2D eigenvalue weighted by Crippen LogP contribution is -2.07. The molecule has 0 saturated carbocycles. The van der Waals surface area contributed by atoms with Gasteiger partial charge in [-0.2, -0.15) is 0 Å². The van der Waals surface area contributed by atoms with Crippen molar-refractivity contribution in [2.24, 2.45) is 0 Å². The molecule has 0 aliphatic heterocycles. The van der Waals surface area contributed by atoms with Gasteiger partial charge in [0.25, 0.3) is 0 Å². The van der Waals surface area contributed by atoms with Crippen LogP contribution in [0.4, 0.5) is 0 Å². The van der Waals surface area contributed by atoms with Gasteiger partial charge in [-0.05, 0) is 43.8 Å². The van der Waals surface area contributed by atoms with Crippen molar-refractivity contribution in [2.75, 3.05) is 7.05 Å². The monoisotopic (exact) mass is 252 g/mol. The van der Waals surface area contributed by atoms with Gasteiger partial charge in [0.15, 0.2) is 0 Å². The second-order valence-electron chi connectivity index (χ2n) is 4.61. The molecule has 3 aromatic rings. The van der Waals surface area contributed by atoms with Crippen molar-refractivity contribution < 1.29 is 0 Å². The summed E-state index contributed by atoms with van der Waals surface area (Å²) in [6.45, 7) is 2.85. The summed E-state index contributed by atoms with van der Waals surface area (Å²) in [5, 5.41) is 3.17. The molecule has 2 heterocycles. The van der Waals surface area contributed by atoms with Crippen LogP contribution in [-0.4, -0.2) is 21.6 Å². The molecule has 2 aromatic heterocycles. The standard InChI is InChI=1S/C15H16N4/c1-11-7-12(9-16-2)8-15(18-11)19-10-17-13-5-3-4-6-14(13)19/h3-8,10,16H,9H2,1-2H3. The lowest BCUT2D eigenvalue weighted by Gasteiger charge is -2.08. The Balaban J connectivity index is 2.15. The molecule has 96 valence electrons. The molecule has 0 radical (unpaired) electrons. The number of imidazole rings is 1. The molecule has 0 bridgehead atoms. The summed E-state index contributed by atoms with van der Waals surface area (Å²) in [7, 11) is 1.95. The number of para-hydroxylation sites is 2. The van der Waals surface area contributed by atoms with E-state index in [-0.39, 0.29) is 0 Å². The van der Waals surface area contributed by atoms with Crippen LogP contribution < -0.4 is 5.32 Å². The topological polar surface area (TPSA) is 42.7 Å². The van der Waals surface area contributed by atoms with E-state index in [4.69, 9.17) is 0 Å². The van der Waals surface area contributed by atoms with Gasteiger partial charge in [-0.15, -0.1) is 0 Å². The summed E-state index contributed by atoms with van der Waals surface area (Å²) in [6, 6.07) is 12.3. The van der Waals surface area contributed by atoms with E-state index in [0.717, 1.165) is 29.1 Å². The summed E-state index contributed by atoms with van der Waals surface area (Å²) >= 11 is 0. The average molecular weight is 252 g/mol. The molecule has 1 N–H and O–H groups in total. The normalized spacial score (nSPS) is 11.1. The number of benzene rings is 1. The number of fused-ring (bicyclic) bond motifs is 1. The Labute approximate surface area is 112 Å². The van der Waals surface area contributed by atoms with Crippen LogP contribution in [0.15, 0.2) is 42.7 Å². The largest absolute Gasteiger partial charge is 0.316 e. The summed E-state index contributed by atoms with van der Waals surface area (Å²) in [6.07, 6.45) is 1.83. The van der Waals surface area contributed by atoms with Crippen molar-refractivity contribution in [3.63, 3.8) is 0 Å². The van der Waals surface area contributed by atoms with Crippen LogP contribution in [0.3, 0.4) is 0 Å². The summed E-state index contributed by atoms with van der Waals surface area (Å²) in [4.78, 5) is 9.01. The third-order valence-corrected chi connectivity index (χ3v) is 3.08. The predicted molar refractivity (Wildman–Crippen MR) is 76.4 cm³/mol. The Morgan fingerprint density at radius 2 is 2.05 bits per heavy atom. The minimum Gasteiger partial charge on any atom is -0.316 e. The fourth-order valence-electron chi connectivity index (χ4n) is 2.29. The molecule has 0 atom stereocenters. The first-order valence-electron chi connectivity index (χ1n) is 6.32. The fourth-order valence-corrected chi connectivity index (χ4v) is 2.29. The van der Waals surface area contributed by atoms with Crippen molar-refractivity contribution in [2.45, 2.75) is 13.5 Å². The van der Waals surface area contributed by atoms with E-state index in [2.05, 4.69) is 33.5 Å². The van der Waals surface area contributed by atoms with E-state index in [1.807, 2.05) is 43.1 Å². The van der Waals surface area contributed by atoms with Crippen LogP contribution in [0, 0.1) is 6.92 Å². The van der Waals surface area contributed by atoms with Crippen molar-refractivity contribution in [1.29, 1.82) is 0 Å². The number of aryl methyl sites for hydroxylation is 1. The SMILES string of the molecule is CNCc1cc(C)nc(-n2cnc3ccccc32)c1. The van der Waals surface area contributed by atoms with Gasteiger partial charge in [-0.25, -0.2) is 9.97 Å². The van der Waals surface area contributed by atoms with Crippen LogP contribution in [0.5, 0.6) is 0 Å². The van der Waals surface area contributed by atoms with Crippen LogP contribution >= 0.6 is 0 Å². The van der Waals surface area contributed by atoms with E-state index in [9.17, 15) is 0 Å². The number of pyridine rings is 1. The average Bonchev–Trinajstić information content (AvgIpc) is 2.82. The van der Waals surface area contributed by atoms with Crippen molar-refractivity contribution in [1.82, 2.24) is 19.9 Å². The zero-order valence-electron chi connectivity index (χ0n) is 11.1. The molecule has 4 nitrogen and oxygen atoms in total. The zero-order valence-corrected chi connectivity index (χ0v) is 11.1. The van der Waals surface area contributed by atoms with Gasteiger partial charge >= 0.3 is 0 Å². The van der Waals surface area contributed by atoms with Crippen molar-refractivity contribution in [3.8, 4) is 5.82 Å². The van der Waals surface area contributed by atoms with E-state index in [1.165, 1.54) is 5.56 Å². The van der Waals surface area contributed by atoms with Gasteiger partial charge in [0, 0.05) is 12.2 Å². The third kappa shape index (κ3) is 2.22. The number of hydrogen-bond donors (Lipinski definition) is 1. The lowest BCUT2D eigenvalue weighted by molar-refractivity contribution is 0.811. The van der Waals surface area contributed by atoms with Crippen molar-refractivity contribution in [3.05, 3.63) is 54.0 Å². The van der Waals surface area contributed by atoms with Crippen LogP contribution in [0.2, 0.25) is 0 Å². The molecular weight excluding hydrogens is 236 g/mol. The van der Waals surface area contributed by atoms with Crippen LogP contribution in [0.25, 0.3) is 16.9 Å². The Hall–Kier alpha value is -2.20. The highest BCUT2D eigenvalue weighted by Crippen LogP contribution is 2.17. The Kier molecular flexibility index (Phi) is 3.01. The van der Waals surface area contributed by atoms with E-state index in [1.54, 1.807) is 0 Å². The van der Waals surface area contributed by atoms with Gasteiger partial charge in [0.2, 0.25) is 0 Å². The molecule has 3 rings (SSSR count).